The molecule has 3 heterocycles. The van der Waals surface area contributed by atoms with Crippen LogP contribution in [0, 0.1) is 0 Å². The first kappa shape index (κ1) is 37.7. The van der Waals surface area contributed by atoms with Crippen molar-refractivity contribution in [3.63, 3.8) is 0 Å². The molecular formula is C61H41N5. The summed E-state index contributed by atoms with van der Waals surface area (Å²) in [5.74, 6) is 1.47. The molecule has 66 heavy (non-hydrogen) atoms. The summed E-state index contributed by atoms with van der Waals surface area (Å²) in [6, 6.07) is 84.8. The van der Waals surface area contributed by atoms with Gasteiger partial charge in [-0.3, -0.25) is 0 Å². The average Bonchev–Trinajstić information content (AvgIpc) is 3.93. The Hall–Kier alpha value is -8.80. The molecule has 0 aliphatic carbocycles. The van der Waals surface area contributed by atoms with Gasteiger partial charge in [-0.15, -0.1) is 0 Å². The minimum Gasteiger partial charge on any atom is -0.344 e. The van der Waals surface area contributed by atoms with Crippen LogP contribution in [0.1, 0.15) is 22.9 Å². The molecule has 1 atom stereocenters. The maximum Gasteiger partial charge on any atom is 0.159 e. The summed E-state index contributed by atoms with van der Waals surface area (Å²) in [4.78, 5) is 10.6. The van der Waals surface area contributed by atoms with Crippen molar-refractivity contribution in [2.24, 2.45) is 9.98 Å². The van der Waals surface area contributed by atoms with E-state index in [0.29, 0.717) is 5.84 Å². The maximum atomic E-state index is 5.45. The van der Waals surface area contributed by atoms with Gasteiger partial charge < -0.3 is 14.5 Å². The first-order valence-corrected chi connectivity index (χ1v) is 22.5. The van der Waals surface area contributed by atoms with Gasteiger partial charge in [0.2, 0.25) is 0 Å². The smallest absolute Gasteiger partial charge is 0.159 e. The summed E-state index contributed by atoms with van der Waals surface area (Å²) in [6.45, 7) is 0. The summed E-state index contributed by atoms with van der Waals surface area (Å²) in [5, 5.41) is 11.0. The quantitative estimate of drug-likeness (QED) is 0.171. The van der Waals surface area contributed by atoms with Crippen molar-refractivity contribution in [1.82, 2.24) is 14.5 Å². The van der Waals surface area contributed by atoms with Crippen LogP contribution in [0.5, 0.6) is 0 Å². The second-order valence-electron chi connectivity index (χ2n) is 16.9. The van der Waals surface area contributed by atoms with E-state index in [1.54, 1.807) is 0 Å². The lowest BCUT2D eigenvalue weighted by Gasteiger charge is -2.26. The van der Waals surface area contributed by atoms with Crippen LogP contribution in [0.3, 0.4) is 0 Å². The maximum absolute atomic E-state index is 5.45. The molecule has 10 aromatic carbocycles. The van der Waals surface area contributed by atoms with E-state index in [4.69, 9.17) is 9.98 Å². The molecule has 0 spiro atoms. The van der Waals surface area contributed by atoms with Crippen LogP contribution >= 0.6 is 0 Å². The van der Waals surface area contributed by atoms with Crippen molar-refractivity contribution in [2.75, 3.05) is 0 Å². The molecule has 13 rings (SSSR count). The number of para-hydroxylation sites is 3. The van der Waals surface area contributed by atoms with Crippen LogP contribution < -0.4 is 5.32 Å². The van der Waals surface area contributed by atoms with Gasteiger partial charge in [-0.1, -0.05) is 194 Å². The fourth-order valence-electron chi connectivity index (χ4n) is 10.2. The van der Waals surface area contributed by atoms with Crippen LogP contribution in [0.4, 0.5) is 0 Å². The summed E-state index contributed by atoms with van der Waals surface area (Å²) in [7, 11) is 0. The number of hydrogen-bond acceptors (Lipinski definition) is 3. The van der Waals surface area contributed by atoms with Gasteiger partial charge in [0.15, 0.2) is 5.84 Å². The summed E-state index contributed by atoms with van der Waals surface area (Å²) in [6.07, 6.45) is -0.462. The molecule has 0 bridgehead atoms. The summed E-state index contributed by atoms with van der Waals surface area (Å²) < 4.78 is 4.92. The van der Waals surface area contributed by atoms with E-state index in [2.05, 4.69) is 227 Å². The normalized spacial score (nSPS) is 13.9. The highest BCUT2D eigenvalue weighted by molar-refractivity contribution is 6.27. The van der Waals surface area contributed by atoms with Gasteiger partial charge in [0.05, 0.1) is 27.8 Å². The van der Waals surface area contributed by atoms with Gasteiger partial charge in [0.1, 0.15) is 12.0 Å². The zero-order valence-electron chi connectivity index (χ0n) is 35.9. The minimum atomic E-state index is -0.462. The van der Waals surface area contributed by atoms with Gasteiger partial charge in [-0.05, 0) is 70.1 Å². The fraction of sp³-hybridized carbons (Fsp3) is 0.0164. The summed E-state index contributed by atoms with van der Waals surface area (Å²) >= 11 is 0. The predicted molar refractivity (Wildman–Crippen MR) is 275 cm³/mol. The third kappa shape index (κ3) is 6.09. The Bertz CT molecular complexity index is 3880. The minimum absolute atomic E-state index is 0.462. The van der Waals surface area contributed by atoms with Crippen LogP contribution in [-0.4, -0.2) is 20.8 Å². The number of nitrogens with zero attached hydrogens (tertiary/aromatic N) is 4. The van der Waals surface area contributed by atoms with Gasteiger partial charge in [0.25, 0.3) is 0 Å². The Labute approximate surface area is 381 Å². The molecular weight excluding hydrogens is 803 g/mol. The Morgan fingerprint density at radius 2 is 0.970 bits per heavy atom. The Balaban J connectivity index is 1.13. The molecule has 1 N–H and O–H groups in total. The van der Waals surface area contributed by atoms with Crippen LogP contribution in [0.15, 0.2) is 247 Å². The molecule has 5 heteroatoms. The first-order chi connectivity index (χ1) is 32.8. The lowest BCUT2D eigenvalue weighted by atomic mass is 9.92. The molecule has 0 fully saturated rings. The van der Waals surface area contributed by atoms with Crippen molar-refractivity contribution in [3.8, 4) is 33.6 Å². The summed E-state index contributed by atoms with van der Waals surface area (Å²) in [5.41, 5.74) is 14.5. The monoisotopic (exact) mass is 843 g/mol. The molecule has 0 saturated carbocycles. The van der Waals surface area contributed by atoms with Gasteiger partial charge >= 0.3 is 0 Å². The molecule has 12 aromatic rings. The number of nitrogens with one attached hydrogen (secondary N) is 1. The van der Waals surface area contributed by atoms with Crippen molar-refractivity contribution in [1.29, 1.82) is 0 Å². The Morgan fingerprint density at radius 3 is 1.70 bits per heavy atom. The highest BCUT2D eigenvalue weighted by Crippen LogP contribution is 2.47. The molecule has 0 radical (unpaired) electrons. The zero-order valence-corrected chi connectivity index (χ0v) is 35.9. The number of rotatable bonds is 7. The molecule has 1 unspecified atom stereocenters. The van der Waals surface area contributed by atoms with E-state index in [-0.39, 0.29) is 0 Å². The number of aromatic nitrogens is 2. The van der Waals surface area contributed by atoms with E-state index >= 15 is 0 Å². The van der Waals surface area contributed by atoms with Gasteiger partial charge in [0, 0.05) is 49.3 Å². The van der Waals surface area contributed by atoms with Crippen molar-refractivity contribution in [2.45, 2.75) is 6.17 Å². The van der Waals surface area contributed by atoms with E-state index in [1.165, 1.54) is 54.5 Å². The van der Waals surface area contributed by atoms with Crippen molar-refractivity contribution < 1.29 is 0 Å². The first-order valence-electron chi connectivity index (χ1n) is 22.5. The largest absolute Gasteiger partial charge is 0.344 e. The Kier molecular flexibility index (Phi) is 8.84. The molecule has 2 aromatic heterocycles. The second kappa shape index (κ2) is 15.5. The zero-order chi connectivity index (χ0) is 43.6. The lowest BCUT2D eigenvalue weighted by molar-refractivity contribution is 0.671. The average molecular weight is 844 g/mol. The number of hydrogen-bond donors (Lipinski definition) is 1. The topological polar surface area (TPSA) is 46.6 Å². The van der Waals surface area contributed by atoms with Crippen LogP contribution in [-0.2, 0) is 0 Å². The predicted octanol–water partition coefficient (Wildman–Crippen LogP) is 14.9. The van der Waals surface area contributed by atoms with Gasteiger partial charge in [-0.25, -0.2) is 9.98 Å². The third-order valence-electron chi connectivity index (χ3n) is 13.2. The molecule has 1 aliphatic heterocycles. The number of amidine groups is 2. The molecule has 5 nitrogen and oxygen atoms in total. The number of fused-ring (bicyclic) bond motifs is 8. The second-order valence-corrected chi connectivity index (χ2v) is 16.9. The van der Waals surface area contributed by atoms with Gasteiger partial charge in [-0.2, -0.15) is 0 Å². The molecule has 1 aliphatic rings. The van der Waals surface area contributed by atoms with Crippen LogP contribution in [0.2, 0.25) is 0 Å². The highest BCUT2D eigenvalue weighted by Gasteiger charge is 2.28. The van der Waals surface area contributed by atoms with Crippen molar-refractivity contribution in [3.05, 3.63) is 253 Å². The lowest BCUT2D eigenvalue weighted by Crippen LogP contribution is -2.34. The standard InChI is InChI=1S/C61H41N5/c1-5-20-40(21-6-1)43-36-37-50(61-63-59(41-22-7-2-8-23-41)62-60(64-61)42-24-9-3-10-25-42)55(39-43)66-53-34-18-16-31-49(53)57-51(38-44-26-13-14-29-46(44)58(57)66)47-32-19-35-54-56(47)48-30-15-17-33-52(48)65(54)45-27-11-4-12-28-45/h1-39,61H,(H,62,63,64). The number of aliphatic imine (C=N–C) groups is 2. The number of benzene rings is 10. The third-order valence-corrected chi connectivity index (χ3v) is 13.2. The van der Waals surface area contributed by atoms with Crippen LogP contribution in [0.25, 0.3) is 88.0 Å². The van der Waals surface area contributed by atoms with E-state index in [9.17, 15) is 0 Å². The SMILES string of the molecule is c1ccc(C2=NC(c3ccc(-c4ccccc4)cc3-n3c4ccccc4c4c(-c5cccc6c5c5ccccc5n6-c5ccccc5)cc5ccccc5c43)NC(c3ccccc3)=N2)cc1. The Morgan fingerprint density at radius 1 is 0.394 bits per heavy atom. The molecule has 0 amide bonds. The van der Waals surface area contributed by atoms with E-state index < -0.39 is 6.17 Å². The van der Waals surface area contributed by atoms with Crippen molar-refractivity contribution >= 4 is 66.1 Å². The molecule has 0 saturated heterocycles. The highest BCUT2D eigenvalue weighted by atomic mass is 15.2. The van der Waals surface area contributed by atoms with E-state index in [0.717, 1.165) is 56.1 Å². The fourth-order valence-corrected chi connectivity index (χ4v) is 10.2. The van der Waals surface area contributed by atoms with E-state index in [1.807, 2.05) is 24.3 Å². The molecule has 310 valence electrons.